The average molecular weight is 277 g/mol. The maximum Gasteiger partial charge on any atom is 0.126 e. The number of benzene rings is 1. The molecule has 3 heteroatoms. The van der Waals surface area contributed by atoms with Crippen LogP contribution in [0.4, 0.5) is 0 Å². The summed E-state index contributed by atoms with van der Waals surface area (Å²) in [5.41, 5.74) is 1.34. The predicted molar refractivity (Wildman–Crippen MR) is 82.8 cm³/mol. The quantitative estimate of drug-likeness (QED) is 0.862. The van der Waals surface area contributed by atoms with Crippen LogP contribution in [-0.4, -0.2) is 27.3 Å². The Morgan fingerprint density at radius 3 is 2.65 bits per heavy atom. The maximum absolute atomic E-state index is 5.59. The zero-order chi connectivity index (χ0) is 14.4. The first-order valence-corrected chi connectivity index (χ1v) is 7.72. The van der Waals surface area contributed by atoms with Crippen molar-refractivity contribution in [2.45, 2.75) is 38.5 Å². The minimum atomic E-state index is 0.601. The van der Waals surface area contributed by atoms with Gasteiger partial charge >= 0.3 is 0 Å². The van der Waals surface area contributed by atoms with E-state index in [4.69, 9.17) is 9.47 Å². The largest absolute Gasteiger partial charge is 0.497 e. The minimum Gasteiger partial charge on any atom is -0.497 e. The van der Waals surface area contributed by atoms with Crippen molar-refractivity contribution in [1.82, 2.24) is 5.32 Å². The van der Waals surface area contributed by atoms with E-state index in [-0.39, 0.29) is 0 Å². The standard InChI is InChI=1S/C17H27NO2/c1-4-18-12-13-7-5-6-8-15(13)16-10-9-14(19-2)11-17(16)20-3/h9-11,13,15,18H,4-8,12H2,1-3H3. The van der Waals surface area contributed by atoms with Gasteiger partial charge in [0.2, 0.25) is 0 Å². The number of ether oxygens (including phenoxy) is 2. The Balaban J connectivity index is 2.22. The van der Waals surface area contributed by atoms with Crippen molar-refractivity contribution in [3.63, 3.8) is 0 Å². The van der Waals surface area contributed by atoms with Crippen molar-refractivity contribution in [3.05, 3.63) is 23.8 Å². The first-order valence-electron chi connectivity index (χ1n) is 7.72. The van der Waals surface area contributed by atoms with Gasteiger partial charge in [-0.25, -0.2) is 0 Å². The highest BCUT2D eigenvalue weighted by atomic mass is 16.5. The van der Waals surface area contributed by atoms with E-state index in [9.17, 15) is 0 Å². The van der Waals surface area contributed by atoms with Crippen LogP contribution in [-0.2, 0) is 0 Å². The highest BCUT2D eigenvalue weighted by Gasteiger charge is 2.28. The molecule has 2 unspecified atom stereocenters. The topological polar surface area (TPSA) is 30.5 Å². The Kier molecular flexibility index (Phi) is 5.72. The highest BCUT2D eigenvalue weighted by molar-refractivity contribution is 5.43. The van der Waals surface area contributed by atoms with Gasteiger partial charge in [-0.3, -0.25) is 0 Å². The summed E-state index contributed by atoms with van der Waals surface area (Å²) in [6, 6.07) is 6.25. The van der Waals surface area contributed by atoms with Crippen molar-refractivity contribution in [1.29, 1.82) is 0 Å². The third-order valence-electron chi connectivity index (χ3n) is 4.41. The first kappa shape index (κ1) is 15.2. The molecule has 0 spiro atoms. The maximum atomic E-state index is 5.59. The molecule has 0 aromatic heterocycles. The molecule has 1 fully saturated rings. The van der Waals surface area contributed by atoms with Gasteiger partial charge in [-0.2, -0.15) is 0 Å². The van der Waals surface area contributed by atoms with Gasteiger partial charge in [0.1, 0.15) is 11.5 Å². The molecule has 3 nitrogen and oxygen atoms in total. The van der Waals surface area contributed by atoms with Crippen LogP contribution in [0, 0.1) is 5.92 Å². The van der Waals surface area contributed by atoms with E-state index in [0.717, 1.165) is 24.6 Å². The molecule has 0 saturated heterocycles. The molecule has 1 aliphatic rings. The summed E-state index contributed by atoms with van der Waals surface area (Å²) in [4.78, 5) is 0. The van der Waals surface area contributed by atoms with Crippen LogP contribution in [0.15, 0.2) is 18.2 Å². The van der Waals surface area contributed by atoms with Gasteiger partial charge in [0.25, 0.3) is 0 Å². The summed E-state index contributed by atoms with van der Waals surface area (Å²) in [6.07, 6.45) is 5.25. The lowest BCUT2D eigenvalue weighted by atomic mass is 9.75. The number of nitrogens with one attached hydrogen (secondary N) is 1. The zero-order valence-electron chi connectivity index (χ0n) is 12.9. The Labute approximate surface area is 122 Å². The molecule has 112 valence electrons. The van der Waals surface area contributed by atoms with Crippen LogP contribution in [0.5, 0.6) is 11.5 Å². The number of methoxy groups -OCH3 is 2. The van der Waals surface area contributed by atoms with E-state index in [1.165, 1.54) is 31.2 Å². The van der Waals surface area contributed by atoms with E-state index in [1.54, 1.807) is 14.2 Å². The lowest BCUT2D eigenvalue weighted by Crippen LogP contribution is -2.29. The van der Waals surface area contributed by atoms with E-state index < -0.39 is 0 Å². The highest BCUT2D eigenvalue weighted by Crippen LogP contribution is 2.42. The molecule has 1 aromatic carbocycles. The van der Waals surface area contributed by atoms with Crippen molar-refractivity contribution in [2.75, 3.05) is 27.3 Å². The molecule has 1 aromatic rings. The van der Waals surface area contributed by atoms with E-state index >= 15 is 0 Å². The van der Waals surface area contributed by atoms with Gasteiger partial charge in [0, 0.05) is 6.07 Å². The fourth-order valence-electron chi connectivity index (χ4n) is 3.32. The lowest BCUT2D eigenvalue weighted by Gasteiger charge is -2.33. The molecular formula is C17H27NO2. The third kappa shape index (κ3) is 3.45. The lowest BCUT2D eigenvalue weighted by molar-refractivity contribution is 0.288. The van der Waals surface area contributed by atoms with Crippen molar-refractivity contribution in [2.24, 2.45) is 5.92 Å². The van der Waals surface area contributed by atoms with E-state index in [1.807, 2.05) is 6.07 Å². The van der Waals surface area contributed by atoms with Crippen molar-refractivity contribution >= 4 is 0 Å². The Morgan fingerprint density at radius 1 is 1.15 bits per heavy atom. The molecule has 1 aliphatic carbocycles. The Hall–Kier alpha value is -1.22. The molecule has 0 bridgehead atoms. The van der Waals surface area contributed by atoms with Crippen LogP contribution < -0.4 is 14.8 Å². The molecule has 0 heterocycles. The van der Waals surface area contributed by atoms with Gasteiger partial charge < -0.3 is 14.8 Å². The van der Waals surface area contributed by atoms with E-state index in [0.29, 0.717) is 11.8 Å². The van der Waals surface area contributed by atoms with Crippen LogP contribution in [0.25, 0.3) is 0 Å². The van der Waals surface area contributed by atoms with Gasteiger partial charge in [0.15, 0.2) is 0 Å². The molecule has 0 amide bonds. The second-order valence-corrected chi connectivity index (χ2v) is 5.57. The monoisotopic (exact) mass is 277 g/mol. The van der Waals surface area contributed by atoms with Gasteiger partial charge in [0.05, 0.1) is 14.2 Å². The number of hydrogen-bond acceptors (Lipinski definition) is 3. The zero-order valence-corrected chi connectivity index (χ0v) is 12.9. The molecule has 1 saturated carbocycles. The molecular weight excluding hydrogens is 250 g/mol. The normalized spacial score (nSPS) is 22.6. The predicted octanol–water partition coefficient (Wildman–Crippen LogP) is 3.59. The van der Waals surface area contributed by atoms with Crippen molar-refractivity contribution < 1.29 is 9.47 Å². The molecule has 2 atom stereocenters. The summed E-state index contributed by atoms with van der Waals surface area (Å²) in [7, 11) is 3.45. The Morgan fingerprint density at radius 2 is 1.95 bits per heavy atom. The van der Waals surface area contributed by atoms with E-state index in [2.05, 4.69) is 24.4 Å². The molecule has 0 radical (unpaired) electrons. The smallest absolute Gasteiger partial charge is 0.126 e. The van der Waals surface area contributed by atoms with Crippen LogP contribution in [0.2, 0.25) is 0 Å². The Bertz CT molecular complexity index is 419. The summed E-state index contributed by atoms with van der Waals surface area (Å²) in [5, 5.41) is 3.51. The summed E-state index contributed by atoms with van der Waals surface area (Å²) < 4.78 is 10.9. The van der Waals surface area contributed by atoms with Crippen LogP contribution in [0.3, 0.4) is 0 Å². The van der Waals surface area contributed by atoms with Crippen molar-refractivity contribution in [3.8, 4) is 11.5 Å². The number of hydrogen-bond donors (Lipinski definition) is 1. The molecule has 0 aliphatic heterocycles. The molecule has 2 rings (SSSR count). The second-order valence-electron chi connectivity index (χ2n) is 5.57. The van der Waals surface area contributed by atoms with Gasteiger partial charge in [-0.1, -0.05) is 25.8 Å². The summed E-state index contributed by atoms with van der Waals surface area (Å²) in [5.74, 6) is 3.15. The first-order chi connectivity index (χ1) is 9.80. The van der Waals surface area contributed by atoms with Crippen LogP contribution in [0.1, 0.15) is 44.1 Å². The number of rotatable bonds is 6. The minimum absolute atomic E-state index is 0.601. The van der Waals surface area contributed by atoms with Gasteiger partial charge in [-0.05, 0) is 49.4 Å². The fraction of sp³-hybridized carbons (Fsp3) is 0.647. The summed E-state index contributed by atoms with van der Waals surface area (Å²) in [6.45, 7) is 4.32. The molecule has 20 heavy (non-hydrogen) atoms. The SMILES string of the molecule is CCNCC1CCCCC1c1ccc(OC)cc1OC. The third-order valence-corrected chi connectivity index (χ3v) is 4.41. The van der Waals surface area contributed by atoms with Gasteiger partial charge in [-0.15, -0.1) is 0 Å². The molecule has 1 N–H and O–H groups in total. The second kappa shape index (κ2) is 7.53. The average Bonchev–Trinajstić information content (AvgIpc) is 2.52. The van der Waals surface area contributed by atoms with Crippen LogP contribution >= 0.6 is 0 Å². The summed E-state index contributed by atoms with van der Waals surface area (Å²) >= 11 is 0. The fourth-order valence-corrected chi connectivity index (χ4v) is 3.32.